The van der Waals surface area contributed by atoms with Crippen LogP contribution < -0.4 is 0 Å². The molecule has 0 unspecified atom stereocenters. The summed E-state index contributed by atoms with van der Waals surface area (Å²) in [5.41, 5.74) is 1.05. The first-order valence-electron chi connectivity index (χ1n) is 3.89. The molecule has 1 heteroatoms. The van der Waals surface area contributed by atoms with Crippen molar-refractivity contribution >= 4 is 11.9 Å². The molecule has 12 heavy (non-hydrogen) atoms. The second-order valence-corrected chi connectivity index (χ2v) is 2.44. The normalized spacial score (nSPS) is 10.4. The van der Waals surface area contributed by atoms with E-state index >= 15 is 0 Å². The van der Waals surface area contributed by atoms with Gasteiger partial charge in [-0.1, -0.05) is 43.3 Å². The van der Waals surface area contributed by atoms with Crippen molar-refractivity contribution in [1.29, 1.82) is 0 Å². The Morgan fingerprint density at radius 3 is 2.50 bits per heavy atom. The molecule has 0 aliphatic carbocycles. The van der Waals surface area contributed by atoms with E-state index in [1.54, 1.807) is 19.4 Å². The molecule has 0 spiro atoms. The van der Waals surface area contributed by atoms with Crippen LogP contribution in [-0.4, -0.2) is 5.78 Å². The van der Waals surface area contributed by atoms with Gasteiger partial charge in [0.05, 0.1) is 0 Å². The molecule has 0 saturated carbocycles. The van der Waals surface area contributed by atoms with Crippen molar-refractivity contribution in [3.63, 3.8) is 0 Å². The third kappa shape index (κ3) is 2.70. The number of ketones is 1. The van der Waals surface area contributed by atoms with Crippen molar-refractivity contribution in [2.24, 2.45) is 0 Å². The summed E-state index contributed by atoms with van der Waals surface area (Å²) in [5, 5.41) is 0. The Morgan fingerprint density at radius 1 is 1.25 bits per heavy atom. The van der Waals surface area contributed by atoms with Gasteiger partial charge in [-0.3, -0.25) is 4.79 Å². The molecule has 0 fully saturated rings. The van der Waals surface area contributed by atoms with E-state index in [1.807, 2.05) is 36.4 Å². The maximum absolute atomic E-state index is 10.8. The van der Waals surface area contributed by atoms with Gasteiger partial charge in [-0.2, -0.15) is 0 Å². The van der Waals surface area contributed by atoms with Crippen molar-refractivity contribution in [3.05, 3.63) is 48.4 Å². The zero-order valence-electron chi connectivity index (χ0n) is 7.03. The van der Waals surface area contributed by atoms with E-state index in [0.717, 1.165) is 5.56 Å². The second-order valence-electron chi connectivity index (χ2n) is 2.44. The van der Waals surface area contributed by atoms with Crippen LogP contribution in [0.3, 0.4) is 0 Å². The first kappa shape index (κ1) is 8.72. The molecule has 0 bridgehead atoms. The second kappa shape index (κ2) is 4.50. The molecule has 1 nitrogen and oxygen atoms in total. The minimum atomic E-state index is 0.0406. The first-order valence-corrected chi connectivity index (χ1v) is 3.89. The highest BCUT2D eigenvalue weighted by atomic mass is 16.1. The summed E-state index contributed by atoms with van der Waals surface area (Å²) < 4.78 is 0. The molecule has 0 aliphatic heterocycles. The van der Waals surface area contributed by atoms with Crippen molar-refractivity contribution in [3.8, 4) is 0 Å². The molecule has 0 amide bonds. The van der Waals surface area contributed by atoms with E-state index in [1.165, 1.54) is 0 Å². The van der Waals surface area contributed by atoms with Gasteiger partial charge in [0.15, 0.2) is 5.78 Å². The van der Waals surface area contributed by atoms with Crippen molar-refractivity contribution in [2.75, 3.05) is 0 Å². The molecular formula is C11H11O. The smallest absolute Gasteiger partial charge is 0.159 e. The first-order chi connectivity index (χ1) is 5.83. The minimum absolute atomic E-state index is 0.0406. The molecule has 0 atom stereocenters. The molecule has 1 radical (unpaired) electrons. The van der Waals surface area contributed by atoms with E-state index in [9.17, 15) is 4.79 Å². The monoisotopic (exact) mass is 159 g/mol. The number of benzene rings is 1. The van der Waals surface area contributed by atoms with Gasteiger partial charge in [-0.25, -0.2) is 0 Å². The summed E-state index contributed by atoms with van der Waals surface area (Å²) in [6.45, 7) is 1.73. The number of rotatable bonds is 3. The van der Waals surface area contributed by atoms with Crippen LogP contribution in [0.5, 0.6) is 0 Å². The van der Waals surface area contributed by atoms with Gasteiger partial charge in [0.1, 0.15) is 0 Å². The third-order valence-electron chi connectivity index (χ3n) is 1.52. The average Bonchev–Trinajstić information content (AvgIpc) is 2.16. The molecular weight excluding hydrogens is 148 g/mol. The minimum Gasteiger partial charge on any atom is -0.295 e. The average molecular weight is 159 g/mol. The maximum atomic E-state index is 10.8. The molecule has 0 aromatic heterocycles. The van der Waals surface area contributed by atoms with Crippen molar-refractivity contribution in [1.82, 2.24) is 0 Å². The van der Waals surface area contributed by atoms with E-state index < -0.39 is 0 Å². The molecule has 0 saturated heterocycles. The van der Waals surface area contributed by atoms with Crippen LogP contribution in [0.4, 0.5) is 0 Å². The Hall–Kier alpha value is -1.37. The largest absolute Gasteiger partial charge is 0.295 e. The lowest BCUT2D eigenvalue weighted by molar-refractivity contribution is -0.111. The number of hydrogen-bond donors (Lipinski definition) is 0. The van der Waals surface area contributed by atoms with Gasteiger partial charge < -0.3 is 0 Å². The highest BCUT2D eigenvalue weighted by molar-refractivity contribution is 5.99. The van der Waals surface area contributed by atoms with Crippen molar-refractivity contribution in [2.45, 2.75) is 6.92 Å². The topological polar surface area (TPSA) is 17.1 Å². The molecule has 1 aromatic rings. The lowest BCUT2D eigenvalue weighted by Gasteiger charge is -1.89. The van der Waals surface area contributed by atoms with Crippen LogP contribution in [0.1, 0.15) is 12.5 Å². The summed E-state index contributed by atoms with van der Waals surface area (Å²) in [5.74, 6) is 0.0406. The Bertz CT molecular complexity index is 272. The Balaban J connectivity index is 2.64. The highest BCUT2D eigenvalue weighted by Gasteiger charge is 1.89. The molecule has 0 aliphatic rings. The summed E-state index contributed by atoms with van der Waals surface area (Å²) in [6, 6.07) is 9.75. The van der Waals surface area contributed by atoms with Crippen molar-refractivity contribution < 1.29 is 4.79 Å². The molecule has 0 N–H and O–H groups in total. The Kier molecular flexibility index (Phi) is 3.27. The van der Waals surface area contributed by atoms with Gasteiger partial charge in [0, 0.05) is 6.42 Å². The predicted octanol–water partition coefficient (Wildman–Crippen LogP) is 2.49. The number of carbonyl (C=O) groups excluding carboxylic acids is 1. The van der Waals surface area contributed by atoms with E-state index in [-0.39, 0.29) is 5.78 Å². The van der Waals surface area contributed by atoms with Crippen LogP contribution in [-0.2, 0) is 4.79 Å². The number of allylic oxidation sites excluding steroid dienone is 1. The Morgan fingerprint density at radius 2 is 1.92 bits per heavy atom. The number of hydrogen-bond acceptors (Lipinski definition) is 1. The molecule has 1 aromatic carbocycles. The molecule has 1 rings (SSSR count). The van der Waals surface area contributed by atoms with E-state index in [4.69, 9.17) is 0 Å². The molecule has 61 valence electrons. The summed E-state index contributed by atoms with van der Waals surface area (Å²) in [4.78, 5) is 10.8. The van der Waals surface area contributed by atoms with Gasteiger partial charge >= 0.3 is 0 Å². The van der Waals surface area contributed by atoms with Gasteiger partial charge in [0.2, 0.25) is 0 Å². The SMILES string of the molecule is C[CH]C(=O)/C=C/c1ccccc1. The van der Waals surface area contributed by atoms with Crippen LogP contribution in [0.15, 0.2) is 36.4 Å². The number of carbonyl (C=O) groups is 1. The van der Waals surface area contributed by atoms with Crippen LogP contribution in [0.2, 0.25) is 0 Å². The fourth-order valence-corrected chi connectivity index (χ4v) is 0.839. The summed E-state index contributed by atoms with van der Waals surface area (Å²) >= 11 is 0. The van der Waals surface area contributed by atoms with Gasteiger partial charge in [-0.05, 0) is 11.6 Å². The maximum Gasteiger partial charge on any atom is 0.159 e. The predicted molar refractivity (Wildman–Crippen MR) is 50.5 cm³/mol. The van der Waals surface area contributed by atoms with Crippen LogP contribution in [0.25, 0.3) is 6.08 Å². The quantitative estimate of drug-likeness (QED) is 0.619. The highest BCUT2D eigenvalue weighted by Crippen LogP contribution is 2.00. The van der Waals surface area contributed by atoms with Gasteiger partial charge in [0.25, 0.3) is 0 Å². The summed E-state index contributed by atoms with van der Waals surface area (Å²) in [6.07, 6.45) is 4.91. The Labute approximate surface area is 72.7 Å². The fourth-order valence-electron chi connectivity index (χ4n) is 0.839. The van der Waals surface area contributed by atoms with Gasteiger partial charge in [-0.15, -0.1) is 0 Å². The zero-order valence-corrected chi connectivity index (χ0v) is 7.03. The third-order valence-corrected chi connectivity index (χ3v) is 1.52. The fraction of sp³-hybridized carbons (Fsp3) is 0.0909. The zero-order chi connectivity index (χ0) is 8.81. The standard InChI is InChI=1S/C11H11O/c1-2-11(12)9-8-10-6-4-3-5-7-10/h2-9H,1H3/b9-8+. The van der Waals surface area contributed by atoms with E-state index in [0.29, 0.717) is 0 Å². The lowest BCUT2D eigenvalue weighted by atomic mass is 10.2. The van der Waals surface area contributed by atoms with E-state index in [2.05, 4.69) is 0 Å². The van der Waals surface area contributed by atoms with Crippen LogP contribution >= 0.6 is 0 Å². The molecule has 0 heterocycles. The lowest BCUT2D eigenvalue weighted by Crippen LogP contribution is -1.87. The van der Waals surface area contributed by atoms with Crippen LogP contribution in [0, 0.1) is 6.42 Å². The summed E-state index contributed by atoms with van der Waals surface area (Å²) in [7, 11) is 0.